The number of imidazole rings is 1. The van der Waals surface area contributed by atoms with E-state index in [0.29, 0.717) is 29.6 Å². The molecule has 0 bridgehead atoms. The fourth-order valence-electron chi connectivity index (χ4n) is 3.29. The van der Waals surface area contributed by atoms with Crippen LogP contribution in [0.1, 0.15) is 45.2 Å². The number of hydrogen-bond acceptors (Lipinski definition) is 4. The highest BCUT2D eigenvalue weighted by Gasteiger charge is 2.29. The van der Waals surface area contributed by atoms with E-state index in [4.69, 9.17) is 4.74 Å². The first-order valence-electron chi connectivity index (χ1n) is 9.17. The lowest BCUT2D eigenvalue weighted by atomic mass is 10.0. The van der Waals surface area contributed by atoms with Crippen LogP contribution in [-0.2, 0) is 21.4 Å². The monoisotopic (exact) mass is 383 g/mol. The van der Waals surface area contributed by atoms with Gasteiger partial charge in [-0.15, -0.1) is 0 Å². The van der Waals surface area contributed by atoms with Gasteiger partial charge in [0.2, 0.25) is 5.91 Å². The van der Waals surface area contributed by atoms with Gasteiger partial charge in [-0.25, -0.2) is 9.59 Å². The summed E-state index contributed by atoms with van der Waals surface area (Å²) in [5, 5.41) is 2.73. The standard InChI is InChI=1S/C21H25N3O4/c1-13-6-9-16(19(26)22-13)24-15-10-7-14(12-17(15)23(5)20(24)27)8-11-18(25)28-21(2,3)4/h7-8,10-12,16H,1,6,9H2,2-5H3,(H,22,26)/b11-8+. The summed E-state index contributed by atoms with van der Waals surface area (Å²) in [7, 11) is 1.67. The fraction of sp³-hybridized carbons (Fsp3) is 0.381. The van der Waals surface area contributed by atoms with E-state index in [2.05, 4.69) is 11.9 Å². The molecule has 7 nitrogen and oxygen atoms in total. The molecule has 1 aromatic carbocycles. The van der Waals surface area contributed by atoms with Gasteiger partial charge in [-0.2, -0.15) is 0 Å². The predicted molar refractivity (Wildman–Crippen MR) is 108 cm³/mol. The molecule has 28 heavy (non-hydrogen) atoms. The van der Waals surface area contributed by atoms with E-state index in [0.717, 1.165) is 5.56 Å². The zero-order valence-corrected chi connectivity index (χ0v) is 16.6. The number of carbonyl (C=O) groups is 2. The highest BCUT2D eigenvalue weighted by Crippen LogP contribution is 2.25. The molecule has 0 spiro atoms. The molecule has 2 aromatic rings. The number of amides is 1. The second-order valence-electron chi connectivity index (χ2n) is 7.97. The number of allylic oxidation sites excluding steroid dienone is 1. The smallest absolute Gasteiger partial charge is 0.331 e. The Morgan fingerprint density at radius 1 is 1.29 bits per heavy atom. The van der Waals surface area contributed by atoms with Gasteiger partial charge in [0.25, 0.3) is 0 Å². The van der Waals surface area contributed by atoms with Gasteiger partial charge in [0, 0.05) is 18.8 Å². The van der Waals surface area contributed by atoms with Crippen LogP contribution in [0.3, 0.4) is 0 Å². The van der Waals surface area contributed by atoms with Crippen LogP contribution in [0, 0.1) is 0 Å². The third-order valence-electron chi connectivity index (χ3n) is 4.57. The Bertz CT molecular complexity index is 1050. The predicted octanol–water partition coefficient (Wildman–Crippen LogP) is 2.66. The molecule has 0 radical (unpaired) electrons. The molecule has 1 fully saturated rings. The summed E-state index contributed by atoms with van der Waals surface area (Å²) in [5.41, 5.74) is 1.98. The number of benzene rings is 1. The van der Waals surface area contributed by atoms with Gasteiger partial charge in [-0.3, -0.25) is 13.9 Å². The summed E-state index contributed by atoms with van der Waals surface area (Å²) in [6.07, 6.45) is 4.17. The minimum atomic E-state index is -0.565. The number of aromatic nitrogens is 2. The van der Waals surface area contributed by atoms with Gasteiger partial charge >= 0.3 is 11.7 Å². The molecule has 7 heteroatoms. The minimum absolute atomic E-state index is 0.222. The highest BCUT2D eigenvalue weighted by molar-refractivity contribution is 5.89. The van der Waals surface area contributed by atoms with Gasteiger partial charge in [0.1, 0.15) is 11.6 Å². The van der Waals surface area contributed by atoms with Crippen molar-refractivity contribution in [2.24, 2.45) is 7.05 Å². The van der Waals surface area contributed by atoms with E-state index in [1.165, 1.54) is 15.2 Å². The lowest BCUT2D eigenvalue weighted by Gasteiger charge is -2.24. The summed E-state index contributed by atoms with van der Waals surface area (Å²) < 4.78 is 8.29. The Labute approximate surface area is 163 Å². The minimum Gasteiger partial charge on any atom is -0.457 e. The third-order valence-corrected chi connectivity index (χ3v) is 4.57. The molecule has 1 saturated heterocycles. The molecule has 1 unspecified atom stereocenters. The van der Waals surface area contributed by atoms with Gasteiger partial charge in [-0.05, 0) is 57.4 Å². The largest absolute Gasteiger partial charge is 0.457 e. The molecular weight excluding hydrogens is 358 g/mol. The number of nitrogens with one attached hydrogen (secondary N) is 1. The van der Waals surface area contributed by atoms with Gasteiger partial charge in [0.05, 0.1) is 11.0 Å². The number of fused-ring (bicyclic) bond motifs is 1. The molecule has 3 rings (SSSR count). The van der Waals surface area contributed by atoms with Crippen molar-refractivity contribution in [2.75, 3.05) is 0 Å². The van der Waals surface area contributed by atoms with Crippen LogP contribution in [0.2, 0.25) is 0 Å². The highest BCUT2D eigenvalue weighted by atomic mass is 16.6. The number of ether oxygens (including phenoxy) is 1. The molecule has 1 N–H and O–H groups in total. The Morgan fingerprint density at radius 3 is 2.64 bits per heavy atom. The molecule has 0 saturated carbocycles. The lowest BCUT2D eigenvalue weighted by molar-refractivity contribution is -0.148. The van der Waals surface area contributed by atoms with Gasteiger partial charge in [0.15, 0.2) is 0 Å². The first kappa shape index (κ1) is 19.7. The molecule has 2 heterocycles. The zero-order valence-electron chi connectivity index (χ0n) is 16.6. The maximum Gasteiger partial charge on any atom is 0.331 e. The molecule has 0 aliphatic carbocycles. The van der Waals surface area contributed by atoms with Crippen molar-refractivity contribution in [3.63, 3.8) is 0 Å². The van der Waals surface area contributed by atoms with Crippen LogP contribution in [0.4, 0.5) is 0 Å². The Balaban J connectivity index is 1.95. The average molecular weight is 383 g/mol. The van der Waals surface area contributed by atoms with Crippen molar-refractivity contribution in [3.05, 3.63) is 52.6 Å². The Kier molecular flexibility index (Phi) is 5.02. The number of hydrogen-bond donors (Lipinski definition) is 1. The Hall–Kier alpha value is -3.09. The number of rotatable bonds is 3. The van der Waals surface area contributed by atoms with Crippen LogP contribution in [0.25, 0.3) is 17.1 Å². The summed E-state index contributed by atoms with van der Waals surface area (Å²) in [4.78, 5) is 37.0. The van der Waals surface area contributed by atoms with E-state index in [1.54, 1.807) is 46.0 Å². The van der Waals surface area contributed by atoms with Crippen molar-refractivity contribution in [1.82, 2.24) is 14.5 Å². The summed E-state index contributed by atoms with van der Waals surface area (Å²) in [6.45, 7) is 9.20. The third kappa shape index (κ3) is 3.93. The summed E-state index contributed by atoms with van der Waals surface area (Å²) in [5.74, 6) is -0.655. The number of aryl methyl sites for hydroxylation is 1. The van der Waals surface area contributed by atoms with Crippen LogP contribution in [-0.4, -0.2) is 26.6 Å². The fourth-order valence-corrected chi connectivity index (χ4v) is 3.29. The second kappa shape index (κ2) is 7.14. The molecular formula is C21H25N3O4. The van der Waals surface area contributed by atoms with Gasteiger partial charge < -0.3 is 10.1 Å². The first-order valence-corrected chi connectivity index (χ1v) is 9.17. The molecule has 1 amide bonds. The van der Waals surface area contributed by atoms with Crippen LogP contribution >= 0.6 is 0 Å². The van der Waals surface area contributed by atoms with E-state index >= 15 is 0 Å². The molecule has 1 aromatic heterocycles. The van der Waals surface area contributed by atoms with Crippen molar-refractivity contribution in [2.45, 2.75) is 45.3 Å². The van der Waals surface area contributed by atoms with Crippen molar-refractivity contribution < 1.29 is 14.3 Å². The van der Waals surface area contributed by atoms with Gasteiger partial charge in [-0.1, -0.05) is 12.6 Å². The summed E-state index contributed by atoms with van der Waals surface area (Å²) >= 11 is 0. The Morgan fingerprint density at radius 2 is 2.00 bits per heavy atom. The maximum atomic E-state index is 12.8. The number of carbonyl (C=O) groups excluding carboxylic acids is 2. The molecule has 1 aliphatic heterocycles. The van der Waals surface area contributed by atoms with E-state index < -0.39 is 17.6 Å². The second-order valence-corrected chi connectivity index (χ2v) is 7.97. The topological polar surface area (TPSA) is 82.3 Å². The lowest BCUT2D eigenvalue weighted by Crippen LogP contribution is -2.40. The number of esters is 1. The first-order chi connectivity index (χ1) is 13.1. The quantitative estimate of drug-likeness (QED) is 0.653. The van der Waals surface area contributed by atoms with Crippen LogP contribution in [0.15, 0.2) is 41.3 Å². The molecule has 1 atom stereocenters. The average Bonchev–Trinajstić information content (AvgIpc) is 2.83. The number of nitrogens with zero attached hydrogens (tertiary/aromatic N) is 2. The van der Waals surface area contributed by atoms with E-state index in [-0.39, 0.29) is 11.6 Å². The maximum absolute atomic E-state index is 12.8. The number of piperidine rings is 1. The molecule has 1 aliphatic rings. The van der Waals surface area contributed by atoms with Crippen molar-refractivity contribution >= 4 is 29.0 Å². The summed E-state index contributed by atoms with van der Waals surface area (Å²) in [6, 6.07) is 4.85. The van der Waals surface area contributed by atoms with E-state index in [9.17, 15) is 14.4 Å². The van der Waals surface area contributed by atoms with Crippen molar-refractivity contribution in [3.8, 4) is 0 Å². The van der Waals surface area contributed by atoms with Crippen molar-refractivity contribution in [1.29, 1.82) is 0 Å². The normalized spacial score (nSPS) is 17.9. The zero-order chi connectivity index (χ0) is 20.6. The van der Waals surface area contributed by atoms with E-state index in [1.807, 2.05) is 6.07 Å². The SMILES string of the molecule is C=C1CCC(n2c(=O)n(C)c3cc(/C=C/C(=O)OC(C)(C)C)ccc32)C(=O)N1. The van der Waals surface area contributed by atoms with Crippen LogP contribution < -0.4 is 11.0 Å². The van der Waals surface area contributed by atoms with Crippen LogP contribution in [0.5, 0.6) is 0 Å². The molecule has 148 valence electrons.